The van der Waals surface area contributed by atoms with Crippen molar-refractivity contribution in [2.24, 2.45) is 10.9 Å². The van der Waals surface area contributed by atoms with Gasteiger partial charge in [-0.25, -0.2) is 4.39 Å². The van der Waals surface area contributed by atoms with E-state index in [0.717, 1.165) is 24.5 Å². The molecule has 1 atom stereocenters. The molecule has 0 amide bonds. The van der Waals surface area contributed by atoms with Crippen LogP contribution >= 0.6 is 0 Å². The summed E-state index contributed by atoms with van der Waals surface area (Å²) in [4.78, 5) is 6.45. The summed E-state index contributed by atoms with van der Waals surface area (Å²) in [5.74, 6) is 1.17. The van der Waals surface area contributed by atoms with Gasteiger partial charge in [-0.3, -0.25) is 4.99 Å². The highest BCUT2D eigenvalue weighted by Gasteiger charge is 2.13. The van der Waals surface area contributed by atoms with Crippen molar-refractivity contribution in [3.8, 4) is 0 Å². The Hall–Kier alpha value is -1.62. The summed E-state index contributed by atoms with van der Waals surface area (Å²) in [7, 11) is 5.93. The molecule has 0 spiro atoms. The van der Waals surface area contributed by atoms with E-state index in [1.165, 1.54) is 12.1 Å². The van der Waals surface area contributed by atoms with Gasteiger partial charge in [-0.05, 0) is 44.1 Å². The molecule has 0 aliphatic heterocycles. The van der Waals surface area contributed by atoms with Gasteiger partial charge in [0.1, 0.15) is 5.82 Å². The van der Waals surface area contributed by atoms with E-state index in [1.807, 2.05) is 6.07 Å². The number of guanidine groups is 1. The minimum Gasteiger partial charge on any atom is -0.355 e. The number of nitrogens with zero attached hydrogens (tertiary/aromatic N) is 2. The number of benzene rings is 1. The molecule has 1 aromatic rings. The summed E-state index contributed by atoms with van der Waals surface area (Å²) in [5, 5.41) is 6.56. The first kappa shape index (κ1) is 18.4. The van der Waals surface area contributed by atoms with Crippen LogP contribution in [0.25, 0.3) is 0 Å². The predicted molar refractivity (Wildman–Crippen MR) is 91.5 cm³/mol. The molecule has 2 N–H and O–H groups in total. The zero-order valence-electron chi connectivity index (χ0n) is 14.4. The summed E-state index contributed by atoms with van der Waals surface area (Å²) < 4.78 is 13.2. The van der Waals surface area contributed by atoms with Gasteiger partial charge in [-0.1, -0.05) is 26.0 Å². The van der Waals surface area contributed by atoms with Gasteiger partial charge in [0.2, 0.25) is 0 Å². The molecule has 0 aliphatic carbocycles. The van der Waals surface area contributed by atoms with Gasteiger partial charge < -0.3 is 15.5 Å². The van der Waals surface area contributed by atoms with Crippen LogP contribution < -0.4 is 10.6 Å². The lowest BCUT2D eigenvalue weighted by molar-refractivity contribution is 0.254. The summed E-state index contributed by atoms with van der Waals surface area (Å²) in [6, 6.07) is 7.04. The summed E-state index contributed by atoms with van der Waals surface area (Å²) in [6.07, 6.45) is 1.13. The first-order chi connectivity index (χ1) is 10.4. The normalized spacial score (nSPS) is 13.5. The Morgan fingerprint density at radius 2 is 2.00 bits per heavy atom. The van der Waals surface area contributed by atoms with E-state index in [-0.39, 0.29) is 5.82 Å². The van der Waals surface area contributed by atoms with Gasteiger partial charge in [-0.15, -0.1) is 0 Å². The molecular formula is C17H29FN4. The number of hydrogen-bond donors (Lipinski definition) is 2. The van der Waals surface area contributed by atoms with Gasteiger partial charge in [0, 0.05) is 26.2 Å². The summed E-state index contributed by atoms with van der Waals surface area (Å²) in [5.41, 5.74) is 0.897. The molecule has 0 radical (unpaired) electrons. The molecule has 0 aromatic heterocycles. The maximum absolute atomic E-state index is 13.2. The van der Waals surface area contributed by atoms with Crippen molar-refractivity contribution in [1.29, 1.82) is 0 Å². The van der Waals surface area contributed by atoms with Crippen molar-refractivity contribution < 1.29 is 4.39 Å². The van der Waals surface area contributed by atoms with Gasteiger partial charge in [0.25, 0.3) is 0 Å². The summed E-state index contributed by atoms with van der Waals surface area (Å²) in [6.45, 7) is 5.84. The van der Waals surface area contributed by atoms with Crippen molar-refractivity contribution in [2.45, 2.75) is 32.9 Å². The van der Waals surface area contributed by atoms with Crippen LogP contribution in [0.5, 0.6) is 0 Å². The Morgan fingerprint density at radius 3 is 2.55 bits per heavy atom. The van der Waals surface area contributed by atoms with E-state index in [1.54, 1.807) is 13.1 Å². The molecule has 22 heavy (non-hydrogen) atoms. The average molecular weight is 308 g/mol. The third kappa shape index (κ3) is 6.89. The molecule has 1 unspecified atom stereocenters. The molecule has 1 aromatic carbocycles. The molecule has 0 saturated heterocycles. The fourth-order valence-corrected chi connectivity index (χ4v) is 2.29. The quantitative estimate of drug-likeness (QED) is 0.600. The largest absolute Gasteiger partial charge is 0.355 e. The van der Waals surface area contributed by atoms with Crippen molar-refractivity contribution >= 4 is 5.96 Å². The van der Waals surface area contributed by atoms with E-state index in [9.17, 15) is 4.39 Å². The average Bonchev–Trinajstić information content (AvgIpc) is 2.45. The van der Waals surface area contributed by atoms with Gasteiger partial charge in [-0.2, -0.15) is 0 Å². The Morgan fingerprint density at radius 1 is 1.27 bits per heavy atom. The Labute approximate surface area is 133 Å². The maximum atomic E-state index is 13.2. The van der Waals surface area contributed by atoms with E-state index in [4.69, 9.17) is 0 Å². The van der Waals surface area contributed by atoms with Gasteiger partial charge in [0.05, 0.1) is 0 Å². The van der Waals surface area contributed by atoms with E-state index < -0.39 is 0 Å². The van der Waals surface area contributed by atoms with E-state index in [0.29, 0.717) is 18.5 Å². The number of rotatable bonds is 7. The van der Waals surface area contributed by atoms with Crippen LogP contribution in [0.2, 0.25) is 0 Å². The lowest BCUT2D eigenvalue weighted by Crippen LogP contribution is -2.45. The highest BCUT2D eigenvalue weighted by atomic mass is 19.1. The molecule has 0 heterocycles. The van der Waals surface area contributed by atoms with Gasteiger partial charge in [0.15, 0.2) is 5.96 Å². The van der Waals surface area contributed by atoms with Crippen LogP contribution in [0, 0.1) is 11.7 Å². The lowest BCUT2D eigenvalue weighted by Gasteiger charge is -2.27. The zero-order valence-corrected chi connectivity index (χ0v) is 14.4. The number of likely N-dealkylation sites (N-methyl/N-ethyl adjacent to an activating group) is 1. The number of halogens is 1. The molecule has 0 aliphatic rings. The predicted octanol–water partition coefficient (Wildman–Crippen LogP) is 2.47. The van der Waals surface area contributed by atoms with Crippen molar-refractivity contribution in [3.63, 3.8) is 0 Å². The lowest BCUT2D eigenvalue weighted by atomic mass is 10.0. The smallest absolute Gasteiger partial charge is 0.191 e. The molecule has 0 fully saturated rings. The van der Waals surface area contributed by atoms with E-state index >= 15 is 0 Å². The topological polar surface area (TPSA) is 39.7 Å². The van der Waals surface area contributed by atoms with Crippen molar-refractivity contribution in [2.75, 3.05) is 27.7 Å². The number of hydrogen-bond acceptors (Lipinski definition) is 2. The molecule has 5 heteroatoms. The standard InChI is InChI=1S/C17H29FN4/c1-13(2)9-16(22(4)5)12-21-17(19-3)20-11-14-7-6-8-15(18)10-14/h6-8,10,13,16H,9,11-12H2,1-5H3,(H2,19,20,21). The number of nitrogens with one attached hydrogen (secondary N) is 2. The first-order valence-electron chi connectivity index (χ1n) is 7.77. The third-order valence-corrected chi connectivity index (χ3v) is 3.55. The Balaban J connectivity index is 2.48. The highest BCUT2D eigenvalue weighted by molar-refractivity contribution is 5.79. The second-order valence-electron chi connectivity index (χ2n) is 6.18. The monoisotopic (exact) mass is 308 g/mol. The highest BCUT2D eigenvalue weighted by Crippen LogP contribution is 2.08. The van der Waals surface area contributed by atoms with Crippen LogP contribution in [0.3, 0.4) is 0 Å². The first-order valence-corrected chi connectivity index (χ1v) is 7.77. The molecule has 124 valence electrons. The van der Waals surface area contributed by atoms with E-state index in [2.05, 4.69) is 48.5 Å². The van der Waals surface area contributed by atoms with Crippen LogP contribution in [0.15, 0.2) is 29.3 Å². The second-order valence-corrected chi connectivity index (χ2v) is 6.18. The fraction of sp³-hybridized carbons (Fsp3) is 0.588. The van der Waals surface area contributed by atoms with Crippen molar-refractivity contribution in [3.05, 3.63) is 35.6 Å². The number of aliphatic imine (C=N–C) groups is 1. The molecule has 4 nitrogen and oxygen atoms in total. The van der Waals surface area contributed by atoms with Gasteiger partial charge >= 0.3 is 0 Å². The van der Waals surface area contributed by atoms with Crippen LogP contribution in [0.1, 0.15) is 25.8 Å². The fourth-order valence-electron chi connectivity index (χ4n) is 2.29. The maximum Gasteiger partial charge on any atom is 0.191 e. The third-order valence-electron chi connectivity index (χ3n) is 3.55. The Bertz CT molecular complexity index is 471. The van der Waals surface area contributed by atoms with Crippen LogP contribution in [0.4, 0.5) is 4.39 Å². The Kier molecular flexibility index (Phi) is 7.88. The molecule has 0 bridgehead atoms. The van der Waals surface area contributed by atoms with Crippen LogP contribution in [-0.2, 0) is 6.54 Å². The molecule has 0 saturated carbocycles. The minimum absolute atomic E-state index is 0.216. The minimum atomic E-state index is -0.216. The van der Waals surface area contributed by atoms with Crippen LogP contribution in [-0.4, -0.2) is 44.6 Å². The SMILES string of the molecule is CN=C(NCc1cccc(F)c1)NCC(CC(C)C)N(C)C. The zero-order chi connectivity index (χ0) is 16.5. The molecular weight excluding hydrogens is 279 g/mol. The molecule has 1 rings (SSSR count). The second kappa shape index (κ2) is 9.41. The van der Waals surface area contributed by atoms with Crippen molar-refractivity contribution in [1.82, 2.24) is 15.5 Å². The summed E-state index contributed by atoms with van der Waals surface area (Å²) >= 11 is 0.